The Morgan fingerprint density at radius 2 is 1.97 bits per heavy atom. The van der Waals surface area contributed by atoms with Crippen LogP contribution in [0.15, 0.2) is 47.5 Å². The molecule has 0 bridgehead atoms. The number of aliphatic hydroxyl groups is 1. The highest BCUT2D eigenvalue weighted by atomic mass is 19.4. The molecule has 0 aliphatic heterocycles. The van der Waals surface area contributed by atoms with Crippen LogP contribution in [0.4, 0.5) is 18.9 Å². The van der Waals surface area contributed by atoms with Gasteiger partial charge >= 0.3 is 6.18 Å². The van der Waals surface area contributed by atoms with Gasteiger partial charge in [0.05, 0.1) is 16.6 Å². The molecule has 0 aliphatic rings. The Balaban J connectivity index is 2.07. The molecule has 0 saturated carbocycles. The number of alkyl halides is 3. The minimum absolute atomic E-state index is 0.0926. The Morgan fingerprint density at radius 3 is 2.63 bits per heavy atom. The van der Waals surface area contributed by atoms with Crippen molar-refractivity contribution >= 4 is 28.5 Å². The lowest BCUT2D eigenvalue weighted by molar-refractivity contribution is -0.137. The predicted molar refractivity (Wildman–Crippen MR) is 104 cm³/mol. The molecule has 1 aromatic heterocycles. The largest absolute Gasteiger partial charge is 0.416 e. The number of aryl methyl sites for hydroxylation is 1. The fraction of sp³-hybridized carbons (Fsp3) is 0.250. The fourth-order valence-corrected chi connectivity index (χ4v) is 2.99. The molecule has 1 heterocycles. The van der Waals surface area contributed by atoms with Crippen molar-refractivity contribution in [3.05, 3.63) is 59.2 Å². The SMILES string of the molecule is CC(=O)Nc1ccc2c(c1)[nH]/c(=N\C(=O)c1cccc(C(F)(F)F)c1)n2CCCO. The van der Waals surface area contributed by atoms with E-state index in [1.165, 1.54) is 13.0 Å². The number of amides is 2. The summed E-state index contributed by atoms with van der Waals surface area (Å²) in [6, 6.07) is 9.08. The van der Waals surface area contributed by atoms with Gasteiger partial charge in [0, 0.05) is 31.3 Å². The van der Waals surface area contributed by atoms with Crippen molar-refractivity contribution in [3.8, 4) is 0 Å². The number of carbonyl (C=O) groups is 2. The summed E-state index contributed by atoms with van der Waals surface area (Å²) in [5, 5.41) is 11.8. The lowest BCUT2D eigenvalue weighted by atomic mass is 10.1. The van der Waals surface area contributed by atoms with Gasteiger partial charge in [-0.05, 0) is 42.8 Å². The summed E-state index contributed by atoms with van der Waals surface area (Å²) in [6.07, 6.45) is -4.19. The molecule has 0 unspecified atom stereocenters. The molecule has 0 aliphatic carbocycles. The minimum Gasteiger partial charge on any atom is -0.396 e. The van der Waals surface area contributed by atoms with E-state index >= 15 is 0 Å². The van der Waals surface area contributed by atoms with Gasteiger partial charge in [0.1, 0.15) is 0 Å². The Labute approximate surface area is 168 Å². The number of halogens is 3. The third-order valence-corrected chi connectivity index (χ3v) is 4.29. The van der Waals surface area contributed by atoms with Crippen LogP contribution >= 0.6 is 0 Å². The number of carbonyl (C=O) groups excluding carboxylic acids is 2. The van der Waals surface area contributed by atoms with Gasteiger partial charge in [-0.3, -0.25) is 9.59 Å². The molecule has 158 valence electrons. The molecule has 0 spiro atoms. The van der Waals surface area contributed by atoms with Crippen molar-refractivity contribution in [1.29, 1.82) is 0 Å². The molecule has 3 N–H and O–H groups in total. The maximum atomic E-state index is 12.9. The van der Waals surface area contributed by atoms with Gasteiger partial charge in [-0.1, -0.05) is 6.07 Å². The number of rotatable bonds is 5. The van der Waals surface area contributed by atoms with E-state index in [9.17, 15) is 22.8 Å². The lowest BCUT2D eigenvalue weighted by Crippen LogP contribution is -2.21. The smallest absolute Gasteiger partial charge is 0.396 e. The highest BCUT2D eigenvalue weighted by Crippen LogP contribution is 2.29. The molecule has 0 saturated heterocycles. The number of fused-ring (bicyclic) bond motifs is 1. The van der Waals surface area contributed by atoms with Crippen molar-refractivity contribution < 1.29 is 27.9 Å². The molecule has 10 heteroatoms. The summed E-state index contributed by atoms with van der Waals surface area (Å²) in [6.45, 7) is 1.60. The minimum atomic E-state index is -4.57. The number of benzene rings is 2. The van der Waals surface area contributed by atoms with E-state index in [4.69, 9.17) is 5.11 Å². The Kier molecular flexibility index (Phi) is 6.06. The van der Waals surface area contributed by atoms with Crippen LogP contribution in [0.25, 0.3) is 11.0 Å². The van der Waals surface area contributed by atoms with Gasteiger partial charge in [0.15, 0.2) is 0 Å². The van der Waals surface area contributed by atoms with E-state index in [2.05, 4.69) is 15.3 Å². The molecule has 30 heavy (non-hydrogen) atoms. The van der Waals surface area contributed by atoms with Gasteiger partial charge in [0.2, 0.25) is 11.5 Å². The summed E-state index contributed by atoms with van der Waals surface area (Å²) >= 11 is 0. The predicted octanol–water partition coefficient (Wildman–Crippen LogP) is 3.07. The van der Waals surface area contributed by atoms with Crippen molar-refractivity contribution in [2.75, 3.05) is 11.9 Å². The summed E-state index contributed by atoms with van der Waals surface area (Å²) in [5.74, 6) is -1.09. The van der Waals surface area contributed by atoms with Crippen LogP contribution in [0.2, 0.25) is 0 Å². The number of aliphatic hydroxyl groups excluding tert-OH is 1. The zero-order valence-electron chi connectivity index (χ0n) is 16.0. The van der Waals surface area contributed by atoms with E-state index in [0.29, 0.717) is 29.7 Å². The average Bonchev–Trinajstić information content (AvgIpc) is 3.01. The standard InChI is InChI=1S/C20H19F3N4O3/c1-12(29)24-15-6-7-17-16(11-15)25-19(27(17)8-3-9-28)26-18(30)13-4-2-5-14(10-13)20(21,22)23/h2,4-7,10-11,28H,3,8-9H2,1H3,(H,24,29)(H,25,26,30). The van der Waals surface area contributed by atoms with Crippen LogP contribution in [0, 0.1) is 0 Å². The van der Waals surface area contributed by atoms with Gasteiger partial charge in [-0.2, -0.15) is 18.2 Å². The van der Waals surface area contributed by atoms with Crippen molar-refractivity contribution in [2.24, 2.45) is 4.99 Å². The molecule has 3 rings (SSSR count). The molecule has 2 amide bonds. The first-order chi connectivity index (χ1) is 14.2. The van der Waals surface area contributed by atoms with Gasteiger partial charge in [0.25, 0.3) is 5.91 Å². The first-order valence-corrected chi connectivity index (χ1v) is 9.06. The molecule has 0 radical (unpaired) electrons. The van der Waals surface area contributed by atoms with Gasteiger partial charge in [-0.25, -0.2) is 0 Å². The van der Waals surface area contributed by atoms with E-state index in [1.54, 1.807) is 22.8 Å². The van der Waals surface area contributed by atoms with E-state index in [-0.39, 0.29) is 23.7 Å². The van der Waals surface area contributed by atoms with Crippen LogP contribution in [-0.4, -0.2) is 33.1 Å². The first-order valence-electron chi connectivity index (χ1n) is 9.06. The number of imidazole rings is 1. The topological polar surface area (TPSA) is 99.5 Å². The third kappa shape index (κ3) is 4.77. The second-order valence-corrected chi connectivity index (χ2v) is 6.59. The maximum Gasteiger partial charge on any atom is 0.416 e. The summed E-state index contributed by atoms with van der Waals surface area (Å²) in [7, 11) is 0. The van der Waals surface area contributed by atoms with Crippen molar-refractivity contribution in [1.82, 2.24) is 9.55 Å². The lowest BCUT2D eigenvalue weighted by Gasteiger charge is -2.07. The monoisotopic (exact) mass is 420 g/mol. The summed E-state index contributed by atoms with van der Waals surface area (Å²) in [5.41, 5.74) is 0.745. The van der Waals surface area contributed by atoms with Crippen LogP contribution in [-0.2, 0) is 17.5 Å². The highest BCUT2D eigenvalue weighted by molar-refractivity contribution is 5.95. The number of hydrogen-bond donors (Lipinski definition) is 3. The number of aromatic amines is 1. The number of aromatic nitrogens is 2. The van der Waals surface area contributed by atoms with Gasteiger partial charge in [-0.15, -0.1) is 0 Å². The Morgan fingerprint density at radius 1 is 1.20 bits per heavy atom. The van der Waals surface area contributed by atoms with Crippen molar-refractivity contribution in [3.63, 3.8) is 0 Å². The second kappa shape index (κ2) is 8.54. The zero-order chi connectivity index (χ0) is 21.9. The fourth-order valence-electron chi connectivity index (χ4n) is 2.99. The normalized spacial score (nSPS) is 12.4. The average molecular weight is 420 g/mol. The second-order valence-electron chi connectivity index (χ2n) is 6.59. The maximum absolute atomic E-state index is 12.9. The summed E-state index contributed by atoms with van der Waals surface area (Å²) in [4.78, 5) is 30.7. The molecule has 2 aromatic carbocycles. The molecule has 0 fully saturated rings. The van der Waals surface area contributed by atoms with Crippen LogP contribution in [0.3, 0.4) is 0 Å². The molecule has 0 atom stereocenters. The van der Waals surface area contributed by atoms with E-state index in [0.717, 1.165) is 18.2 Å². The quantitative estimate of drug-likeness (QED) is 0.592. The van der Waals surface area contributed by atoms with E-state index in [1.807, 2.05) is 0 Å². The zero-order valence-corrected chi connectivity index (χ0v) is 16.0. The van der Waals surface area contributed by atoms with Crippen LogP contribution in [0.1, 0.15) is 29.3 Å². The molecular weight excluding hydrogens is 401 g/mol. The number of anilines is 1. The third-order valence-electron chi connectivity index (χ3n) is 4.29. The van der Waals surface area contributed by atoms with Gasteiger partial charge < -0.3 is 20.0 Å². The Hall–Kier alpha value is -3.40. The van der Waals surface area contributed by atoms with Crippen molar-refractivity contribution in [2.45, 2.75) is 26.1 Å². The van der Waals surface area contributed by atoms with Crippen LogP contribution in [0.5, 0.6) is 0 Å². The molecular formula is C20H19F3N4O3. The number of nitrogens with one attached hydrogen (secondary N) is 2. The molecule has 7 nitrogen and oxygen atoms in total. The molecule has 3 aromatic rings. The Bertz CT molecular complexity index is 1160. The number of hydrogen-bond acceptors (Lipinski definition) is 3. The van der Waals surface area contributed by atoms with Crippen LogP contribution < -0.4 is 10.9 Å². The highest BCUT2D eigenvalue weighted by Gasteiger charge is 2.30. The first kappa shape index (κ1) is 21.3. The number of nitrogens with zero attached hydrogens (tertiary/aromatic N) is 2. The summed E-state index contributed by atoms with van der Waals surface area (Å²) < 4.78 is 40.4. The van der Waals surface area contributed by atoms with E-state index < -0.39 is 17.6 Å². The number of H-pyrrole nitrogens is 1.